The summed E-state index contributed by atoms with van der Waals surface area (Å²) in [6.07, 6.45) is 1.09. The molecule has 0 aliphatic carbocycles. The number of hydrogen-bond donors (Lipinski definition) is 2. The number of amides is 1. The summed E-state index contributed by atoms with van der Waals surface area (Å²) in [6.45, 7) is 3.32. The Morgan fingerprint density at radius 2 is 2.24 bits per heavy atom. The van der Waals surface area contributed by atoms with Crippen LogP contribution >= 0.6 is 11.3 Å². The fourth-order valence-corrected chi connectivity index (χ4v) is 3.71. The highest BCUT2D eigenvalue weighted by Gasteiger charge is 2.41. The SMILES string of the molecule is Cc1nc(CNCC2(O)CCCN(Cc3ccccc3F)C2=O)cs1. The second-order valence-corrected chi connectivity index (χ2v) is 7.48. The molecule has 7 heteroatoms. The molecular formula is C18H22FN3O2S. The number of halogens is 1. The fourth-order valence-electron chi connectivity index (χ4n) is 3.10. The zero-order valence-corrected chi connectivity index (χ0v) is 15.0. The molecule has 25 heavy (non-hydrogen) atoms. The van der Waals surface area contributed by atoms with Gasteiger partial charge in [0.15, 0.2) is 5.60 Å². The summed E-state index contributed by atoms with van der Waals surface area (Å²) in [5, 5.41) is 16.8. The van der Waals surface area contributed by atoms with Crippen LogP contribution < -0.4 is 5.32 Å². The highest BCUT2D eigenvalue weighted by atomic mass is 32.1. The van der Waals surface area contributed by atoms with Crippen molar-refractivity contribution in [3.8, 4) is 0 Å². The molecule has 0 saturated carbocycles. The predicted octanol–water partition coefficient (Wildman–Crippen LogP) is 2.23. The number of likely N-dealkylation sites (tertiary alicyclic amines) is 1. The highest BCUT2D eigenvalue weighted by molar-refractivity contribution is 7.09. The van der Waals surface area contributed by atoms with Crippen molar-refractivity contribution in [3.05, 3.63) is 51.7 Å². The first-order chi connectivity index (χ1) is 12.0. The van der Waals surface area contributed by atoms with Crippen molar-refractivity contribution in [1.29, 1.82) is 0 Å². The molecule has 0 spiro atoms. The predicted molar refractivity (Wildman–Crippen MR) is 94.6 cm³/mol. The van der Waals surface area contributed by atoms with Gasteiger partial charge in [-0.25, -0.2) is 9.37 Å². The summed E-state index contributed by atoms with van der Waals surface area (Å²) in [7, 11) is 0. The number of aryl methyl sites for hydroxylation is 1. The van der Waals surface area contributed by atoms with E-state index in [0.29, 0.717) is 31.5 Å². The van der Waals surface area contributed by atoms with Crippen LogP contribution in [0.4, 0.5) is 4.39 Å². The largest absolute Gasteiger partial charge is 0.379 e. The van der Waals surface area contributed by atoms with Gasteiger partial charge in [-0.05, 0) is 25.8 Å². The normalized spacial score (nSPS) is 20.9. The average molecular weight is 363 g/mol. The number of rotatable bonds is 6. The van der Waals surface area contributed by atoms with Crippen molar-refractivity contribution >= 4 is 17.2 Å². The molecule has 1 unspecified atom stereocenters. The Bertz CT molecular complexity index is 751. The number of benzene rings is 1. The first kappa shape index (κ1) is 18.0. The zero-order valence-electron chi connectivity index (χ0n) is 14.2. The molecule has 1 aliphatic rings. The van der Waals surface area contributed by atoms with Crippen molar-refractivity contribution in [1.82, 2.24) is 15.2 Å². The number of nitrogens with zero attached hydrogens (tertiary/aromatic N) is 2. The van der Waals surface area contributed by atoms with Gasteiger partial charge < -0.3 is 15.3 Å². The maximum absolute atomic E-state index is 13.8. The Balaban J connectivity index is 1.61. The van der Waals surface area contributed by atoms with Crippen LogP contribution in [-0.2, 0) is 17.9 Å². The van der Waals surface area contributed by atoms with Crippen LogP contribution in [0.2, 0.25) is 0 Å². The molecule has 2 heterocycles. The van der Waals surface area contributed by atoms with E-state index in [1.165, 1.54) is 11.0 Å². The van der Waals surface area contributed by atoms with E-state index in [1.54, 1.807) is 29.5 Å². The second-order valence-electron chi connectivity index (χ2n) is 6.41. The number of carbonyl (C=O) groups excluding carboxylic acids is 1. The molecule has 3 rings (SSSR count). The van der Waals surface area contributed by atoms with E-state index in [9.17, 15) is 14.3 Å². The van der Waals surface area contributed by atoms with Crippen molar-refractivity contribution in [2.45, 2.75) is 38.5 Å². The van der Waals surface area contributed by atoms with E-state index >= 15 is 0 Å². The van der Waals surface area contributed by atoms with Crippen LogP contribution in [0.1, 0.15) is 29.1 Å². The van der Waals surface area contributed by atoms with Gasteiger partial charge in [0.1, 0.15) is 5.82 Å². The van der Waals surface area contributed by atoms with Gasteiger partial charge in [-0.1, -0.05) is 18.2 Å². The lowest BCUT2D eigenvalue weighted by Gasteiger charge is -2.38. The van der Waals surface area contributed by atoms with E-state index in [2.05, 4.69) is 10.3 Å². The molecule has 134 valence electrons. The molecule has 1 amide bonds. The smallest absolute Gasteiger partial charge is 0.256 e. The summed E-state index contributed by atoms with van der Waals surface area (Å²) in [5.74, 6) is -0.676. The summed E-state index contributed by atoms with van der Waals surface area (Å²) in [4.78, 5) is 18.6. The number of carbonyl (C=O) groups is 1. The minimum Gasteiger partial charge on any atom is -0.379 e. The molecular weight excluding hydrogens is 341 g/mol. The Morgan fingerprint density at radius 3 is 2.96 bits per heavy atom. The fraction of sp³-hybridized carbons (Fsp3) is 0.444. The Labute approximate surface area is 150 Å². The van der Waals surface area contributed by atoms with Crippen LogP contribution in [0.25, 0.3) is 0 Å². The molecule has 0 radical (unpaired) electrons. The van der Waals surface area contributed by atoms with Crippen LogP contribution in [-0.4, -0.2) is 39.6 Å². The average Bonchev–Trinajstić information content (AvgIpc) is 2.99. The molecule has 2 N–H and O–H groups in total. The zero-order chi connectivity index (χ0) is 17.9. The van der Waals surface area contributed by atoms with E-state index < -0.39 is 5.60 Å². The van der Waals surface area contributed by atoms with Gasteiger partial charge in [0.25, 0.3) is 5.91 Å². The molecule has 1 saturated heterocycles. The van der Waals surface area contributed by atoms with Crippen molar-refractivity contribution < 1.29 is 14.3 Å². The summed E-state index contributed by atoms with van der Waals surface area (Å²) < 4.78 is 13.8. The summed E-state index contributed by atoms with van der Waals surface area (Å²) in [6, 6.07) is 6.42. The lowest BCUT2D eigenvalue weighted by Crippen LogP contribution is -2.57. The van der Waals surface area contributed by atoms with Crippen molar-refractivity contribution in [2.24, 2.45) is 0 Å². The summed E-state index contributed by atoms with van der Waals surface area (Å²) in [5.41, 5.74) is -0.0854. The van der Waals surface area contributed by atoms with Crippen molar-refractivity contribution in [2.75, 3.05) is 13.1 Å². The van der Waals surface area contributed by atoms with Gasteiger partial charge in [-0.15, -0.1) is 11.3 Å². The second kappa shape index (κ2) is 7.59. The number of nitrogens with one attached hydrogen (secondary N) is 1. The number of hydrogen-bond acceptors (Lipinski definition) is 5. The Kier molecular flexibility index (Phi) is 5.46. The number of aromatic nitrogens is 1. The van der Waals surface area contributed by atoms with Gasteiger partial charge in [0.2, 0.25) is 0 Å². The molecule has 1 aliphatic heterocycles. The number of piperidine rings is 1. The maximum Gasteiger partial charge on any atom is 0.256 e. The van der Waals surface area contributed by atoms with Gasteiger partial charge in [-0.3, -0.25) is 4.79 Å². The van der Waals surface area contributed by atoms with Crippen LogP contribution in [0.15, 0.2) is 29.6 Å². The molecule has 1 atom stereocenters. The quantitative estimate of drug-likeness (QED) is 0.826. The third-order valence-corrected chi connectivity index (χ3v) is 5.24. The third kappa shape index (κ3) is 4.23. The lowest BCUT2D eigenvalue weighted by atomic mass is 9.91. The summed E-state index contributed by atoms with van der Waals surface area (Å²) >= 11 is 1.57. The maximum atomic E-state index is 13.8. The number of thiazole rings is 1. The van der Waals surface area contributed by atoms with Gasteiger partial charge >= 0.3 is 0 Å². The molecule has 1 aromatic heterocycles. The molecule has 2 aromatic rings. The number of aliphatic hydroxyl groups is 1. The first-order valence-corrected chi connectivity index (χ1v) is 9.23. The first-order valence-electron chi connectivity index (χ1n) is 8.35. The lowest BCUT2D eigenvalue weighted by molar-refractivity contribution is -0.157. The van der Waals surface area contributed by atoms with E-state index in [-0.39, 0.29) is 24.8 Å². The van der Waals surface area contributed by atoms with E-state index in [4.69, 9.17) is 0 Å². The topological polar surface area (TPSA) is 65.5 Å². The Morgan fingerprint density at radius 1 is 1.44 bits per heavy atom. The molecule has 1 fully saturated rings. The third-order valence-electron chi connectivity index (χ3n) is 4.41. The van der Waals surface area contributed by atoms with Crippen LogP contribution in [0.5, 0.6) is 0 Å². The van der Waals surface area contributed by atoms with Crippen LogP contribution in [0.3, 0.4) is 0 Å². The molecule has 5 nitrogen and oxygen atoms in total. The van der Waals surface area contributed by atoms with Gasteiger partial charge in [-0.2, -0.15) is 0 Å². The Hall–Kier alpha value is -1.83. The van der Waals surface area contributed by atoms with Crippen molar-refractivity contribution in [3.63, 3.8) is 0 Å². The minimum absolute atomic E-state index is 0.163. The molecule has 1 aromatic carbocycles. The minimum atomic E-state index is -1.45. The standard InChI is InChI=1S/C18H22FN3O2S/c1-13-21-15(11-25-13)9-20-12-18(24)7-4-8-22(17(18)23)10-14-5-2-3-6-16(14)19/h2-3,5-6,11,20,24H,4,7-10,12H2,1H3. The van der Waals surface area contributed by atoms with E-state index in [0.717, 1.165) is 10.7 Å². The van der Waals surface area contributed by atoms with E-state index in [1.807, 2.05) is 12.3 Å². The van der Waals surface area contributed by atoms with Gasteiger partial charge in [0, 0.05) is 37.1 Å². The highest BCUT2D eigenvalue weighted by Crippen LogP contribution is 2.24. The van der Waals surface area contributed by atoms with Crippen LogP contribution in [0, 0.1) is 12.7 Å². The van der Waals surface area contributed by atoms with Gasteiger partial charge in [0.05, 0.1) is 10.7 Å². The monoisotopic (exact) mass is 363 g/mol. The molecule has 0 bridgehead atoms.